The van der Waals surface area contributed by atoms with Crippen molar-refractivity contribution in [2.45, 2.75) is 18.9 Å². The molecule has 0 spiro atoms. The van der Waals surface area contributed by atoms with Gasteiger partial charge in [-0.25, -0.2) is 0 Å². The van der Waals surface area contributed by atoms with Gasteiger partial charge in [-0.05, 0) is 68.0 Å². The third kappa shape index (κ3) is 3.94. The maximum absolute atomic E-state index is 6.20. The predicted molar refractivity (Wildman–Crippen MR) is 83.7 cm³/mol. The molecule has 0 bridgehead atoms. The van der Waals surface area contributed by atoms with Gasteiger partial charge >= 0.3 is 0 Å². The van der Waals surface area contributed by atoms with Gasteiger partial charge in [0.2, 0.25) is 0 Å². The average Bonchev–Trinajstić information content (AvgIpc) is 2.35. The third-order valence-electron chi connectivity index (χ3n) is 2.82. The summed E-state index contributed by atoms with van der Waals surface area (Å²) in [6.45, 7) is 0. The molecular weight excluding hydrogens is 354 g/mol. The highest BCUT2D eigenvalue weighted by molar-refractivity contribution is 9.13. The Labute approximate surface area is 125 Å². The molecule has 0 radical (unpaired) electrons. The first-order valence-electron chi connectivity index (χ1n) is 5.88. The van der Waals surface area contributed by atoms with Crippen molar-refractivity contribution in [1.29, 1.82) is 0 Å². The minimum Gasteiger partial charge on any atom is -0.327 e. The molecule has 2 N–H and O–H groups in total. The Kier molecular flexibility index (Phi) is 4.98. The zero-order chi connectivity index (χ0) is 13.0. The molecule has 0 saturated heterocycles. The van der Waals surface area contributed by atoms with E-state index in [1.807, 2.05) is 6.07 Å². The van der Waals surface area contributed by atoms with Gasteiger partial charge in [-0.1, -0.05) is 36.4 Å². The SMILES string of the molecule is NC(Cc1ccccc1)Cc1ccc(Br)c(Br)c1. The summed E-state index contributed by atoms with van der Waals surface area (Å²) in [7, 11) is 0. The number of halogens is 2. The number of hydrogen-bond acceptors (Lipinski definition) is 1. The molecule has 1 atom stereocenters. The van der Waals surface area contributed by atoms with E-state index >= 15 is 0 Å². The van der Waals surface area contributed by atoms with Crippen molar-refractivity contribution in [1.82, 2.24) is 0 Å². The second-order valence-corrected chi connectivity index (χ2v) is 6.11. The van der Waals surface area contributed by atoms with Gasteiger partial charge in [-0.2, -0.15) is 0 Å². The molecule has 2 aromatic rings. The summed E-state index contributed by atoms with van der Waals surface area (Å²) in [4.78, 5) is 0. The second-order valence-electron chi connectivity index (χ2n) is 4.40. The standard InChI is InChI=1S/C15H15Br2N/c16-14-7-6-12(10-15(14)17)9-13(18)8-11-4-2-1-3-5-11/h1-7,10,13H,8-9,18H2. The summed E-state index contributed by atoms with van der Waals surface area (Å²) in [5.74, 6) is 0. The van der Waals surface area contributed by atoms with Crippen LogP contribution in [0, 0.1) is 0 Å². The van der Waals surface area contributed by atoms with Crippen molar-refractivity contribution in [3.8, 4) is 0 Å². The van der Waals surface area contributed by atoms with Crippen LogP contribution < -0.4 is 5.73 Å². The maximum atomic E-state index is 6.20. The van der Waals surface area contributed by atoms with Crippen LogP contribution in [0.1, 0.15) is 11.1 Å². The summed E-state index contributed by atoms with van der Waals surface area (Å²) >= 11 is 6.99. The Bertz CT molecular complexity index is 511. The first kappa shape index (κ1) is 13.8. The van der Waals surface area contributed by atoms with Crippen LogP contribution in [-0.4, -0.2) is 6.04 Å². The largest absolute Gasteiger partial charge is 0.327 e. The van der Waals surface area contributed by atoms with Crippen molar-refractivity contribution < 1.29 is 0 Å². The van der Waals surface area contributed by atoms with Crippen LogP contribution in [0.4, 0.5) is 0 Å². The number of rotatable bonds is 4. The van der Waals surface area contributed by atoms with Crippen LogP contribution in [0.25, 0.3) is 0 Å². The molecule has 1 unspecified atom stereocenters. The van der Waals surface area contributed by atoms with Crippen molar-refractivity contribution in [3.63, 3.8) is 0 Å². The van der Waals surface area contributed by atoms with Gasteiger partial charge in [0, 0.05) is 15.0 Å². The first-order valence-corrected chi connectivity index (χ1v) is 7.47. The van der Waals surface area contributed by atoms with Gasteiger partial charge < -0.3 is 5.73 Å². The van der Waals surface area contributed by atoms with Gasteiger partial charge in [0.25, 0.3) is 0 Å². The van der Waals surface area contributed by atoms with E-state index in [-0.39, 0.29) is 6.04 Å². The van der Waals surface area contributed by atoms with E-state index in [2.05, 4.69) is 74.3 Å². The van der Waals surface area contributed by atoms with Crippen LogP contribution in [0.3, 0.4) is 0 Å². The molecule has 0 aliphatic rings. The number of hydrogen-bond donors (Lipinski definition) is 1. The second kappa shape index (κ2) is 6.50. The minimum atomic E-state index is 0.153. The lowest BCUT2D eigenvalue weighted by atomic mass is 10.00. The predicted octanol–water partition coefficient (Wildman–Crippen LogP) is 4.32. The molecule has 0 heterocycles. The Morgan fingerprint density at radius 2 is 1.50 bits per heavy atom. The van der Waals surface area contributed by atoms with Crippen molar-refractivity contribution in [2.24, 2.45) is 5.73 Å². The van der Waals surface area contributed by atoms with Crippen LogP contribution in [-0.2, 0) is 12.8 Å². The number of nitrogens with two attached hydrogens (primary N) is 1. The highest BCUT2D eigenvalue weighted by Gasteiger charge is 2.06. The zero-order valence-electron chi connectivity index (χ0n) is 9.94. The highest BCUT2D eigenvalue weighted by Crippen LogP contribution is 2.24. The molecule has 0 amide bonds. The van der Waals surface area contributed by atoms with Gasteiger partial charge in [-0.15, -0.1) is 0 Å². The maximum Gasteiger partial charge on any atom is 0.0320 e. The van der Waals surface area contributed by atoms with E-state index in [9.17, 15) is 0 Å². The molecule has 0 fully saturated rings. The summed E-state index contributed by atoms with van der Waals surface area (Å²) in [6, 6.07) is 16.8. The van der Waals surface area contributed by atoms with Crippen molar-refractivity contribution in [3.05, 3.63) is 68.6 Å². The first-order chi connectivity index (χ1) is 8.65. The summed E-state index contributed by atoms with van der Waals surface area (Å²) in [5.41, 5.74) is 8.75. The molecule has 0 aliphatic carbocycles. The van der Waals surface area contributed by atoms with Gasteiger partial charge in [0.15, 0.2) is 0 Å². The quantitative estimate of drug-likeness (QED) is 0.854. The summed E-state index contributed by atoms with van der Waals surface area (Å²) < 4.78 is 2.15. The van der Waals surface area contributed by atoms with E-state index < -0.39 is 0 Å². The van der Waals surface area contributed by atoms with E-state index in [4.69, 9.17) is 5.73 Å². The van der Waals surface area contributed by atoms with Gasteiger partial charge in [0.05, 0.1) is 0 Å². The van der Waals surface area contributed by atoms with Gasteiger partial charge in [0.1, 0.15) is 0 Å². The molecular formula is C15H15Br2N. The smallest absolute Gasteiger partial charge is 0.0320 e. The molecule has 18 heavy (non-hydrogen) atoms. The Morgan fingerprint density at radius 3 is 2.17 bits per heavy atom. The highest BCUT2D eigenvalue weighted by atomic mass is 79.9. The Balaban J connectivity index is 1.99. The summed E-state index contributed by atoms with van der Waals surface area (Å²) in [6.07, 6.45) is 1.80. The van der Waals surface area contributed by atoms with Crippen molar-refractivity contribution >= 4 is 31.9 Å². The number of benzene rings is 2. The molecule has 94 valence electrons. The van der Waals surface area contributed by atoms with Crippen LogP contribution in [0.15, 0.2) is 57.5 Å². The lowest BCUT2D eigenvalue weighted by Gasteiger charge is -2.12. The average molecular weight is 369 g/mol. The Hall–Kier alpha value is -0.640. The normalized spacial score (nSPS) is 12.4. The summed E-state index contributed by atoms with van der Waals surface area (Å²) in [5, 5.41) is 0. The topological polar surface area (TPSA) is 26.0 Å². The molecule has 3 heteroatoms. The van der Waals surface area contributed by atoms with E-state index in [0.717, 1.165) is 21.8 Å². The van der Waals surface area contributed by atoms with E-state index in [0.29, 0.717) is 0 Å². The molecule has 2 aromatic carbocycles. The van der Waals surface area contributed by atoms with Crippen molar-refractivity contribution in [2.75, 3.05) is 0 Å². The van der Waals surface area contributed by atoms with Crippen LogP contribution in [0.2, 0.25) is 0 Å². The lowest BCUT2D eigenvalue weighted by molar-refractivity contribution is 0.664. The molecule has 1 nitrogen and oxygen atoms in total. The fourth-order valence-electron chi connectivity index (χ4n) is 1.96. The Morgan fingerprint density at radius 1 is 0.833 bits per heavy atom. The van der Waals surface area contributed by atoms with E-state index in [1.54, 1.807) is 0 Å². The molecule has 0 aromatic heterocycles. The van der Waals surface area contributed by atoms with Crippen LogP contribution in [0.5, 0.6) is 0 Å². The molecule has 0 saturated carbocycles. The molecule has 0 aliphatic heterocycles. The lowest BCUT2D eigenvalue weighted by Crippen LogP contribution is -2.25. The van der Waals surface area contributed by atoms with E-state index in [1.165, 1.54) is 11.1 Å². The molecule has 2 rings (SSSR count). The third-order valence-corrected chi connectivity index (χ3v) is 4.70. The monoisotopic (exact) mass is 367 g/mol. The van der Waals surface area contributed by atoms with Gasteiger partial charge in [-0.3, -0.25) is 0 Å². The minimum absolute atomic E-state index is 0.153. The van der Waals surface area contributed by atoms with Crippen LogP contribution >= 0.6 is 31.9 Å². The zero-order valence-corrected chi connectivity index (χ0v) is 13.1. The fourth-order valence-corrected chi connectivity index (χ4v) is 2.63. The fraction of sp³-hybridized carbons (Fsp3) is 0.200.